The Morgan fingerprint density at radius 2 is 2.16 bits per heavy atom. The Morgan fingerprint density at radius 3 is 3.00 bits per heavy atom. The highest BCUT2D eigenvalue weighted by molar-refractivity contribution is 7.10. The summed E-state index contributed by atoms with van der Waals surface area (Å²) in [6.07, 6.45) is 1.95. The maximum absolute atomic E-state index is 12.7. The number of benzene rings is 1. The fourth-order valence-electron chi connectivity index (χ4n) is 4.21. The van der Waals surface area contributed by atoms with Crippen LogP contribution in [0.3, 0.4) is 0 Å². The van der Waals surface area contributed by atoms with E-state index in [4.69, 9.17) is 4.74 Å². The van der Waals surface area contributed by atoms with Gasteiger partial charge in [-0.1, -0.05) is 12.1 Å². The van der Waals surface area contributed by atoms with Gasteiger partial charge < -0.3 is 25.2 Å². The van der Waals surface area contributed by atoms with E-state index in [1.807, 2.05) is 30.0 Å². The molecule has 1 atom stereocenters. The SMILES string of the molecule is CCNC(=NCC(=O)N1CCc2sccc2C1)NC1CCN(c2ccccc2OC)C1. The van der Waals surface area contributed by atoms with E-state index in [0.717, 1.165) is 50.5 Å². The number of carbonyl (C=O) groups is 1. The summed E-state index contributed by atoms with van der Waals surface area (Å²) >= 11 is 1.79. The van der Waals surface area contributed by atoms with Gasteiger partial charge in [-0.15, -0.1) is 11.3 Å². The number of thiophene rings is 1. The summed E-state index contributed by atoms with van der Waals surface area (Å²) in [6.45, 7) is 6.26. The summed E-state index contributed by atoms with van der Waals surface area (Å²) in [5, 5.41) is 8.91. The van der Waals surface area contributed by atoms with Crippen LogP contribution in [0.25, 0.3) is 0 Å². The Morgan fingerprint density at radius 1 is 1.29 bits per heavy atom. The quantitative estimate of drug-likeness (QED) is 0.533. The second-order valence-corrected chi connectivity index (χ2v) is 8.88. The third-order valence-electron chi connectivity index (χ3n) is 5.83. The molecule has 7 nitrogen and oxygen atoms in total. The fourth-order valence-corrected chi connectivity index (χ4v) is 5.10. The van der Waals surface area contributed by atoms with Crippen LogP contribution in [0.1, 0.15) is 23.8 Å². The largest absolute Gasteiger partial charge is 0.495 e. The van der Waals surface area contributed by atoms with Crippen LogP contribution >= 0.6 is 11.3 Å². The van der Waals surface area contributed by atoms with E-state index in [0.29, 0.717) is 12.5 Å². The van der Waals surface area contributed by atoms with Crippen molar-refractivity contribution in [3.8, 4) is 5.75 Å². The Balaban J connectivity index is 1.33. The lowest BCUT2D eigenvalue weighted by Crippen LogP contribution is -2.45. The molecule has 0 spiro atoms. The lowest BCUT2D eigenvalue weighted by molar-refractivity contribution is -0.130. The van der Waals surface area contributed by atoms with Crippen molar-refractivity contribution in [2.45, 2.75) is 32.4 Å². The highest BCUT2D eigenvalue weighted by Crippen LogP contribution is 2.30. The van der Waals surface area contributed by atoms with E-state index in [1.54, 1.807) is 18.4 Å². The topological polar surface area (TPSA) is 69.2 Å². The van der Waals surface area contributed by atoms with Gasteiger partial charge in [-0.05, 0) is 48.9 Å². The van der Waals surface area contributed by atoms with E-state index in [2.05, 4.69) is 38.0 Å². The molecule has 8 heteroatoms. The van der Waals surface area contributed by atoms with Gasteiger partial charge in [0.15, 0.2) is 5.96 Å². The molecule has 166 valence electrons. The van der Waals surface area contributed by atoms with E-state index < -0.39 is 0 Å². The molecule has 2 aliphatic rings. The van der Waals surface area contributed by atoms with Crippen molar-refractivity contribution in [1.82, 2.24) is 15.5 Å². The number of aliphatic imine (C=N–C) groups is 1. The molecule has 0 bridgehead atoms. The van der Waals surface area contributed by atoms with Gasteiger partial charge in [0, 0.05) is 43.6 Å². The molecular weight excluding hydrogens is 410 g/mol. The van der Waals surface area contributed by atoms with Crippen molar-refractivity contribution in [2.75, 3.05) is 44.7 Å². The standard InChI is InChI=1S/C23H31N5O2S/c1-3-24-23(25-14-22(29)28-12-9-21-17(15-28)10-13-31-21)26-18-8-11-27(16-18)19-6-4-5-7-20(19)30-2/h4-7,10,13,18H,3,8-9,11-12,14-16H2,1-2H3,(H2,24,25,26). The first-order chi connectivity index (χ1) is 15.2. The molecule has 1 aromatic carbocycles. The van der Waals surface area contributed by atoms with Crippen LogP contribution in [-0.2, 0) is 17.8 Å². The maximum Gasteiger partial charge on any atom is 0.244 e. The molecule has 4 rings (SSSR count). The number of amides is 1. The average molecular weight is 442 g/mol. The minimum absolute atomic E-state index is 0.0797. The molecule has 31 heavy (non-hydrogen) atoms. The molecule has 2 N–H and O–H groups in total. The average Bonchev–Trinajstić information content (AvgIpc) is 3.46. The number of para-hydroxylation sites is 2. The predicted octanol–water partition coefficient (Wildman–Crippen LogP) is 2.48. The van der Waals surface area contributed by atoms with Crippen molar-refractivity contribution in [1.29, 1.82) is 0 Å². The smallest absolute Gasteiger partial charge is 0.244 e. The van der Waals surface area contributed by atoms with Crippen LogP contribution in [0.4, 0.5) is 5.69 Å². The molecular formula is C23H31N5O2S. The van der Waals surface area contributed by atoms with Gasteiger partial charge in [0.25, 0.3) is 0 Å². The summed E-state index contributed by atoms with van der Waals surface area (Å²) in [4.78, 5) is 23.0. The van der Waals surface area contributed by atoms with Crippen molar-refractivity contribution in [2.24, 2.45) is 4.99 Å². The zero-order chi connectivity index (χ0) is 21.6. The van der Waals surface area contributed by atoms with E-state index in [1.165, 1.54) is 10.4 Å². The van der Waals surface area contributed by atoms with E-state index in [-0.39, 0.29) is 18.5 Å². The number of ether oxygens (including phenoxy) is 1. The number of carbonyl (C=O) groups excluding carboxylic acids is 1. The zero-order valence-corrected chi connectivity index (χ0v) is 19.1. The molecule has 2 aromatic rings. The summed E-state index contributed by atoms with van der Waals surface area (Å²) < 4.78 is 5.51. The molecule has 2 aliphatic heterocycles. The number of methoxy groups -OCH3 is 1. The lowest BCUT2D eigenvalue weighted by Gasteiger charge is -2.26. The van der Waals surface area contributed by atoms with Crippen LogP contribution in [0.15, 0.2) is 40.7 Å². The third-order valence-corrected chi connectivity index (χ3v) is 6.85. The number of hydrogen-bond donors (Lipinski definition) is 2. The van der Waals surface area contributed by atoms with Gasteiger partial charge >= 0.3 is 0 Å². The summed E-state index contributed by atoms with van der Waals surface area (Å²) in [6, 6.07) is 10.5. The minimum atomic E-state index is 0.0797. The molecule has 1 saturated heterocycles. The number of fused-ring (bicyclic) bond motifs is 1. The Bertz CT molecular complexity index is 928. The normalized spacial score (nSPS) is 18.6. The minimum Gasteiger partial charge on any atom is -0.495 e. The lowest BCUT2D eigenvalue weighted by atomic mass is 10.1. The van der Waals surface area contributed by atoms with Crippen LogP contribution in [0.2, 0.25) is 0 Å². The van der Waals surface area contributed by atoms with Crippen molar-refractivity contribution in [3.63, 3.8) is 0 Å². The number of guanidine groups is 1. The van der Waals surface area contributed by atoms with Gasteiger partial charge in [-0.3, -0.25) is 4.79 Å². The molecule has 1 aromatic heterocycles. The number of rotatable bonds is 6. The molecule has 1 amide bonds. The van der Waals surface area contributed by atoms with Crippen LogP contribution in [0, 0.1) is 0 Å². The predicted molar refractivity (Wildman–Crippen MR) is 126 cm³/mol. The van der Waals surface area contributed by atoms with Crippen molar-refractivity contribution < 1.29 is 9.53 Å². The van der Waals surface area contributed by atoms with Crippen LogP contribution in [-0.4, -0.2) is 62.6 Å². The van der Waals surface area contributed by atoms with Gasteiger partial charge in [-0.2, -0.15) is 0 Å². The third kappa shape index (κ3) is 5.12. The Labute approximate surface area is 188 Å². The van der Waals surface area contributed by atoms with Crippen LogP contribution in [0.5, 0.6) is 5.75 Å². The second kappa shape index (κ2) is 10.0. The van der Waals surface area contributed by atoms with Crippen molar-refractivity contribution >= 4 is 28.9 Å². The monoisotopic (exact) mass is 441 g/mol. The molecule has 1 unspecified atom stereocenters. The first-order valence-electron chi connectivity index (χ1n) is 10.9. The molecule has 3 heterocycles. The van der Waals surface area contributed by atoms with Gasteiger partial charge in [0.2, 0.25) is 5.91 Å². The highest BCUT2D eigenvalue weighted by atomic mass is 32.1. The summed E-state index contributed by atoms with van der Waals surface area (Å²) in [5.41, 5.74) is 2.39. The highest BCUT2D eigenvalue weighted by Gasteiger charge is 2.26. The first kappa shape index (κ1) is 21.5. The summed E-state index contributed by atoms with van der Waals surface area (Å²) in [5.74, 6) is 1.68. The molecule has 1 fully saturated rings. The van der Waals surface area contributed by atoms with E-state index in [9.17, 15) is 4.79 Å². The van der Waals surface area contributed by atoms with Gasteiger partial charge in [-0.25, -0.2) is 4.99 Å². The number of anilines is 1. The van der Waals surface area contributed by atoms with Gasteiger partial charge in [0.1, 0.15) is 12.3 Å². The Hall–Kier alpha value is -2.74. The maximum atomic E-state index is 12.7. The molecule has 0 radical (unpaired) electrons. The zero-order valence-electron chi connectivity index (χ0n) is 18.3. The number of hydrogen-bond acceptors (Lipinski definition) is 5. The fraction of sp³-hybridized carbons (Fsp3) is 0.478. The number of nitrogens with one attached hydrogen (secondary N) is 2. The van der Waals surface area contributed by atoms with Crippen molar-refractivity contribution in [3.05, 3.63) is 46.2 Å². The summed E-state index contributed by atoms with van der Waals surface area (Å²) in [7, 11) is 1.71. The Kier molecular flexibility index (Phi) is 6.96. The van der Waals surface area contributed by atoms with Crippen LogP contribution < -0.4 is 20.3 Å². The number of nitrogens with zero attached hydrogens (tertiary/aromatic N) is 3. The molecule has 0 saturated carbocycles. The molecule has 0 aliphatic carbocycles. The van der Waals surface area contributed by atoms with E-state index >= 15 is 0 Å². The first-order valence-corrected chi connectivity index (χ1v) is 11.8. The second-order valence-electron chi connectivity index (χ2n) is 7.88. The van der Waals surface area contributed by atoms with Gasteiger partial charge in [0.05, 0.1) is 12.8 Å².